The topological polar surface area (TPSA) is 116 Å². The predicted molar refractivity (Wildman–Crippen MR) is 114 cm³/mol. The molecule has 0 heterocycles. The van der Waals surface area contributed by atoms with E-state index in [4.69, 9.17) is 4.74 Å². The molecule has 9 heteroatoms. The van der Waals surface area contributed by atoms with Crippen molar-refractivity contribution in [3.63, 3.8) is 0 Å². The SMILES string of the molecule is O=C(OCc1ccccc1)[C@H](Cc1ccccc1)NS(=O)(=O)c1ccc([N+](=O)[O-])cc1. The van der Waals surface area contributed by atoms with E-state index in [0.29, 0.717) is 0 Å². The Morgan fingerprint density at radius 1 is 0.903 bits per heavy atom. The largest absolute Gasteiger partial charge is 0.460 e. The Kier molecular flexibility index (Phi) is 7.11. The van der Waals surface area contributed by atoms with Crippen molar-refractivity contribution in [3.8, 4) is 0 Å². The molecule has 0 saturated heterocycles. The van der Waals surface area contributed by atoms with Gasteiger partial charge in [-0.2, -0.15) is 4.72 Å². The molecule has 1 N–H and O–H groups in total. The number of ether oxygens (including phenoxy) is 1. The van der Waals surface area contributed by atoms with Gasteiger partial charge in [-0.05, 0) is 29.7 Å². The van der Waals surface area contributed by atoms with Crippen molar-refractivity contribution in [1.29, 1.82) is 0 Å². The Bertz CT molecular complexity index is 1130. The van der Waals surface area contributed by atoms with E-state index in [9.17, 15) is 23.3 Å². The number of nitrogens with zero attached hydrogens (tertiary/aromatic N) is 1. The Morgan fingerprint density at radius 2 is 1.45 bits per heavy atom. The van der Waals surface area contributed by atoms with Crippen LogP contribution in [0, 0.1) is 10.1 Å². The molecular weight excluding hydrogens is 420 g/mol. The average Bonchev–Trinajstić information content (AvgIpc) is 2.78. The highest BCUT2D eigenvalue weighted by molar-refractivity contribution is 7.89. The summed E-state index contributed by atoms with van der Waals surface area (Å²) in [4.78, 5) is 22.7. The van der Waals surface area contributed by atoms with E-state index in [-0.39, 0.29) is 23.6 Å². The number of nitro benzene ring substituents is 1. The lowest BCUT2D eigenvalue weighted by Crippen LogP contribution is -2.43. The van der Waals surface area contributed by atoms with Gasteiger partial charge in [0.1, 0.15) is 12.6 Å². The molecule has 0 fully saturated rings. The molecule has 8 nitrogen and oxygen atoms in total. The first kappa shape index (κ1) is 22.1. The molecule has 3 aromatic carbocycles. The second-order valence-electron chi connectivity index (χ2n) is 6.71. The van der Waals surface area contributed by atoms with Crippen LogP contribution in [-0.4, -0.2) is 25.4 Å². The molecule has 0 aliphatic carbocycles. The van der Waals surface area contributed by atoms with Crippen molar-refractivity contribution in [2.75, 3.05) is 0 Å². The lowest BCUT2D eigenvalue weighted by molar-refractivity contribution is -0.384. The van der Waals surface area contributed by atoms with Crippen LogP contribution in [0.5, 0.6) is 0 Å². The molecule has 0 aliphatic rings. The number of nitrogens with one attached hydrogen (secondary N) is 1. The quantitative estimate of drug-likeness (QED) is 0.310. The van der Waals surface area contributed by atoms with E-state index >= 15 is 0 Å². The molecule has 0 aromatic heterocycles. The van der Waals surface area contributed by atoms with Crippen LogP contribution in [0.3, 0.4) is 0 Å². The van der Waals surface area contributed by atoms with Crippen LogP contribution in [0.1, 0.15) is 11.1 Å². The fourth-order valence-electron chi connectivity index (χ4n) is 2.85. The van der Waals surface area contributed by atoms with E-state index in [1.165, 1.54) is 0 Å². The van der Waals surface area contributed by atoms with E-state index in [0.717, 1.165) is 35.4 Å². The Labute approximate surface area is 179 Å². The fourth-order valence-corrected chi connectivity index (χ4v) is 4.04. The third-order valence-electron chi connectivity index (χ3n) is 4.45. The maximum absolute atomic E-state index is 12.8. The normalized spacial score (nSPS) is 12.1. The van der Waals surface area contributed by atoms with Gasteiger partial charge in [0.05, 0.1) is 9.82 Å². The first-order valence-corrected chi connectivity index (χ1v) is 10.8. The number of benzene rings is 3. The molecule has 3 aromatic rings. The van der Waals surface area contributed by atoms with Crippen molar-refractivity contribution < 1.29 is 22.9 Å². The molecule has 1 atom stereocenters. The molecule has 0 radical (unpaired) electrons. The average molecular weight is 440 g/mol. The van der Waals surface area contributed by atoms with E-state index in [2.05, 4.69) is 4.72 Å². The van der Waals surface area contributed by atoms with Gasteiger partial charge in [0.25, 0.3) is 5.69 Å². The second kappa shape index (κ2) is 9.96. The van der Waals surface area contributed by atoms with Crippen molar-refractivity contribution >= 4 is 21.7 Å². The highest BCUT2D eigenvalue weighted by Gasteiger charge is 2.27. The van der Waals surface area contributed by atoms with Gasteiger partial charge >= 0.3 is 5.97 Å². The monoisotopic (exact) mass is 440 g/mol. The van der Waals surface area contributed by atoms with Crippen molar-refractivity contribution in [2.45, 2.75) is 24.0 Å². The molecule has 0 amide bonds. The number of sulfonamides is 1. The van der Waals surface area contributed by atoms with Crippen molar-refractivity contribution in [2.24, 2.45) is 0 Å². The number of carbonyl (C=O) groups is 1. The lowest BCUT2D eigenvalue weighted by Gasteiger charge is -2.18. The van der Waals surface area contributed by atoms with Crippen LogP contribution in [0.25, 0.3) is 0 Å². The van der Waals surface area contributed by atoms with Crippen LogP contribution in [0.4, 0.5) is 5.69 Å². The van der Waals surface area contributed by atoms with Crippen LogP contribution >= 0.6 is 0 Å². The number of hydrogen-bond acceptors (Lipinski definition) is 6. The summed E-state index contributed by atoms with van der Waals surface area (Å²) in [6.07, 6.45) is 0.0840. The van der Waals surface area contributed by atoms with Gasteiger partial charge in [-0.3, -0.25) is 14.9 Å². The summed E-state index contributed by atoms with van der Waals surface area (Å²) in [6, 6.07) is 21.2. The summed E-state index contributed by atoms with van der Waals surface area (Å²) in [6.45, 7) is 0.00419. The second-order valence-corrected chi connectivity index (χ2v) is 8.42. The predicted octanol–water partition coefficient (Wildman–Crippen LogP) is 3.23. The molecule has 0 unspecified atom stereocenters. The van der Waals surface area contributed by atoms with Gasteiger partial charge in [-0.25, -0.2) is 8.42 Å². The minimum absolute atomic E-state index is 0.00419. The summed E-state index contributed by atoms with van der Waals surface area (Å²) in [5.41, 5.74) is 1.28. The lowest BCUT2D eigenvalue weighted by atomic mass is 10.1. The standard InChI is InChI=1S/C22H20N2O6S/c25-22(30-16-18-9-5-2-6-10-18)21(15-17-7-3-1-4-8-17)23-31(28,29)20-13-11-19(12-14-20)24(26)27/h1-14,21,23H,15-16H2/t21-/m0/s1. The number of hydrogen-bond donors (Lipinski definition) is 1. The number of nitro groups is 1. The zero-order chi connectivity index (χ0) is 22.3. The molecule has 0 spiro atoms. The van der Waals surface area contributed by atoms with Crippen molar-refractivity contribution in [1.82, 2.24) is 4.72 Å². The number of rotatable bonds is 9. The summed E-state index contributed by atoms with van der Waals surface area (Å²) in [5.74, 6) is -0.724. The van der Waals surface area contributed by atoms with E-state index < -0.39 is 27.0 Å². The molecule has 31 heavy (non-hydrogen) atoms. The minimum Gasteiger partial charge on any atom is -0.460 e. The summed E-state index contributed by atoms with van der Waals surface area (Å²) >= 11 is 0. The first-order valence-electron chi connectivity index (χ1n) is 9.36. The Hall–Kier alpha value is -3.56. The Balaban J connectivity index is 1.79. The van der Waals surface area contributed by atoms with Crippen LogP contribution in [0.15, 0.2) is 89.8 Å². The van der Waals surface area contributed by atoms with Crippen molar-refractivity contribution in [3.05, 3.63) is 106 Å². The fraction of sp³-hybridized carbons (Fsp3) is 0.136. The molecule has 0 bridgehead atoms. The van der Waals surface area contributed by atoms with Crippen LogP contribution < -0.4 is 4.72 Å². The maximum Gasteiger partial charge on any atom is 0.324 e. The summed E-state index contributed by atoms with van der Waals surface area (Å²) < 4.78 is 33.3. The van der Waals surface area contributed by atoms with Gasteiger partial charge < -0.3 is 4.74 Å². The molecule has 3 rings (SSSR count). The van der Waals surface area contributed by atoms with Gasteiger partial charge in [-0.1, -0.05) is 60.7 Å². The molecule has 0 aliphatic heterocycles. The third kappa shape index (κ3) is 6.21. The zero-order valence-electron chi connectivity index (χ0n) is 16.4. The van der Waals surface area contributed by atoms with Gasteiger partial charge in [0.15, 0.2) is 0 Å². The zero-order valence-corrected chi connectivity index (χ0v) is 17.2. The Morgan fingerprint density at radius 3 is 2.00 bits per heavy atom. The molecular formula is C22H20N2O6S. The van der Waals surface area contributed by atoms with Crippen LogP contribution in [0.2, 0.25) is 0 Å². The highest BCUT2D eigenvalue weighted by atomic mass is 32.2. The minimum atomic E-state index is -4.12. The van der Waals surface area contributed by atoms with Crippen LogP contribution in [-0.2, 0) is 32.6 Å². The number of esters is 1. The number of carbonyl (C=O) groups excluding carboxylic acids is 1. The molecule has 160 valence electrons. The smallest absolute Gasteiger partial charge is 0.324 e. The summed E-state index contributed by atoms with van der Waals surface area (Å²) in [5, 5.41) is 10.8. The van der Waals surface area contributed by atoms with E-state index in [1.54, 1.807) is 36.4 Å². The maximum atomic E-state index is 12.8. The van der Waals surface area contributed by atoms with Gasteiger partial charge in [0, 0.05) is 12.1 Å². The molecule has 0 saturated carbocycles. The van der Waals surface area contributed by atoms with E-state index in [1.807, 2.05) is 24.3 Å². The number of non-ortho nitro benzene ring substituents is 1. The van der Waals surface area contributed by atoms with Gasteiger partial charge in [-0.15, -0.1) is 0 Å². The van der Waals surface area contributed by atoms with Gasteiger partial charge in [0.2, 0.25) is 10.0 Å². The first-order chi connectivity index (χ1) is 14.8. The third-order valence-corrected chi connectivity index (χ3v) is 5.93. The highest BCUT2D eigenvalue weighted by Crippen LogP contribution is 2.17. The summed E-state index contributed by atoms with van der Waals surface area (Å²) in [7, 11) is -4.12.